The van der Waals surface area contributed by atoms with Gasteiger partial charge in [-0.15, -0.1) is 0 Å². The first-order chi connectivity index (χ1) is 14.7. The maximum atomic E-state index is 13.1. The molecule has 0 bridgehead atoms. The molecule has 1 amide bonds. The van der Waals surface area contributed by atoms with Gasteiger partial charge in [0.25, 0.3) is 0 Å². The molecule has 0 unspecified atom stereocenters. The number of ether oxygens (including phenoxy) is 1. The molecule has 3 rings (SSSR count). The summed E-state index contributed by atoms with van der Waals surface area (Å²) >= 11 is 0. The van der Waals surface area contributed by atoms with Crippen molar-refractivity contribution in [2.45, 2.75) is 77.4 Å². The van der Waals surface area contributed by atoms with Crippen LogP contribution in [0.2, 0.25) is 0 Å². The van der Waals surface area contributed by atoms with Gasteiger partial charge in [0.15, 0.2) is 5.78 Å². The van der Waals surface area contributed by atoms with Crippen molar-refractivity contribution < 1.29 is 18.7 Å². The molecule has 1 aliphatic carbocycles. The molecule has 1 aliphatic heterocycles. The first-order valence-electron chi connectivity index (χ1n) is 11.7. The van der Waals surface area contributed by atoms with E-state index in [1.165, 1.54) is 12.1 Å². The van der Waals surface area contributed by atoms with E-state index in [1.807, 2.05) is 20.8 Å². The van der Waals surface area contributed by atoms with Crippen LogP contribution in [0.15, 0.2) is 24.3 Å². The highest BCUT2D eigenvalue weighted by Gasteiger charge is 2.28. The summed E-state index contributed by atoms with van der Waals surface area (Å²) in [5, 5.41) is 2.86. The van der Waals surface area contributed by atoms with E-state index in [2.05, 4.69) is 10.2 Å². The minimum Gasteiger partial charge on any atom is -0.446 e. The summed E-state index contributed by atoms with van der Waals surface area (Å²) in [6.07, 6.45) is 6.73. The molecule has 2 fully saturated rings. The van der Waals surface area contributed by atoms with Crippen LogP contribution in [0.4, 0.5) is 9.18 Å². The number of benzene rings is 1. The number of alkyl carbamates (subject to hydrolysis) is 1. The molecule has 5 nitrogen and oxygen atoms in total. The summed E-state index contributed by atoms with van der Waals surface area (Å²) in [4.78, 5) is 27.0. The van der Waals surface area contributed by atoms with Crippen LogP contribution in [0.3, 0.4) is 0 Å². The predicted molar refractivity (Wildman–Crippen MR) is 120 cm³/mol. The van der Waals surface area contributed by atoms with Gasteiger partial charge in [-0.05, 0) is 116 Å². The third kappa shape index (κ3) is 7.60. The fraction of sp³-hybridized carbons (Fsp3) is 0.680. The van der Waals surface area contributed by atoms with Crippen molar-refractivity contribution in [1.82, 2.24) is 10.2 Å². The second-order valence-electron chi connectivity index (χ2n) is 10.2. The highest BCUT2D eigenvalue weighted by atomic mass is 19.1. The van der Waals surface area contributed by atoms with E-state index in [0.29, 0.717) is 11.5 Å². The molecule has 0 aromatic heterocycles. The maximum Gasteiger partial charge on any atom is 0.407 e. The molecule has 1 saturated heterocycles. The molecule has 1 N–H and O–H groups in total. The van der Waals surface area contributed by atoms with Crippen LogP contribution in [0, 0.1) is 17.7 Å². The van der Waals surface area contributed by atoms with E-state index in [0.717, 1.165) is 64.6 Å². The summed E-state index contributed by atoms with van der Waals surface area (Å²) in [6, 6.07) is 5.91. The third-order valence-electron chi connectivity index (χ3n) is 6.49. The van der Waals surface area contributed by atoms with Gasteiger partial charge >= 0.3 is 6.09 Å². The van der Waals surface area contributed by atoms with Crippen LogP contribution in [-0.2, 0) is 4.74 Å². The number of Topliss-reactive ketones (excluding diaryl/α,β-unsaturated/α-hetero) is 1. The number of hydrogen-bond donors (Lipinski definition) is 1. The van der Waals surface area contributed by atoms with Gasteiger partial charge in [-0.3, -0.25) is 4.79 Å². The van der Waals surface area contributed by atoms with Gasteiger partial charge in [-0.2, -0.15) is 0 Å². The van der Waals surface area contributed by atoms with Gasteiger partial charge in [0.2, 0.25) is 0 Å². The van der Waals surface area contributed by atoms with Gasteiger partial charge in [0.1, 0.15) is 11.9 Å². The summed E-state index contributed by atoms with van der Waals surface area (Å²) in [6.45, 7) is 8.82. The Morgan fingerprint density at radius 3 is 2.23 bits per heavy atom. The number of piperidine rings is 1. The Morgan fingerprint density at radius 1 is 1.03 bits per heavy atom. The lowest BCUT2D eigenvalue weighted by Gasteiger charge is -2.34. The van der Waals surface area contributed by atoms with Gasteiger partial charge in [-0.1, -0.05) is 0 Å². The van der Waals surface area contributed by atoms with Gasteiger partial charge in [0.05, 0.1) is 0 Å². The van der Waals surface area contributed by atoms with E-state index < -0.39 is 0 Å². The topological polar surface area (TPSA) is 58.6 Å². The predicted octanol–water partition coefficient (Wildman–Crippen LogP) is 5.19. The second kappa shape index (κ2) is 10.6. The number of ketones is 1. The fourth-order valence-electron chi connectivity index (χ4n) is 4.66. The zero-order valence-corrected chi connectivity index (χ0v) is 19.2. The quantitative estimate of drug-likeness (QED) is 0.628. The molecule has 1 saturated carbocycles. The van der Waals surface area contributed by atoms with Crippen LogP contribution < -0.4 is 5.32 Å². The Bertz CT molecular complexity index is 728. The second-order valence-corrected chi connectivity index (χ2v) is 10.2. The first kappa shape index (κ1) is 23.7. The smallest absolute Gasteiger partial charge is 0.407 e. The van der Waals surface area contributed by atoms with Crippen molar-refractivity contribution in [2.75, 3.05) is 19.6 Å². The summed E-state index contributed by atoms with van der Waals surface area (Å²) in [5.41, 5.74) is 0.348. The lowest BCUT2D eigenvalue weighted by molar-refractivity contribution is 0.0565. The molecular weight excluding hydrogens is 395 g/mol. The number of likely N-dealkylation sites (tertiary alicyclic amines) is 1. The van der Waals surface area contributed by atoms with Crippen LogP contribution in [0.1, 0.15) is 76.1 Å². The van der Waals surface area contributed by atoms with Crippen molar-refractivity contribution in [3.8, 4) is 0 Å². The highest BCUT2D eigenvalue weighted by molar-refractivity contribution is 5.97. The number of nitrogens with one attached hydrogen (secondary N) is 1. The molecule has 1 aromatic rings. The molecular formula is C25H37FN2O3. The van der Waals surface area contributed by atoms with Crippen LogP contribution in [-0.4, -0.2) is 48.1 Å². The number of carbonyl (C=O) groups excluding carboxylic acids is 2. The van der Waals surface area contributed by atoms with Crippen molar-refractivity contribution in [3.63, 3.8) is 0 Å². The molecule has 0 spiro atoms. The lowest BCUT2D eigenvalue weighted by atomic mass is 9.84. The minimum atomic E-state index is -0.311. The molecule has 31 heavy (non-hydrogen) atoms. The molecule has 1 aromatic carbocycles. The Kier molecular flexibility index (Phi) is 8.09. The van der Waals surface area contributed by atoms with Crippen molar-refractivity contribution in [1.29, 1.82) is 0 Å². The Balaban J connectivity index is 1.32. The fourth-order valence-corrected chi connectivity index (χ4v) is 4.66. The number of rotatable bonds is 6. The Labute approximate surface area is 185 Å². The number of halogens is 1. The van der Waals surface area contributed by atoms with Gasteiger partial charge in [0, 0.05) is 17.0 Å². The monoisotopic (exact) mass is 432 g/mol. The van der Waals surface area contributed by atoms with Gasteiger partial charge in [-0.25, -0.2) is 9.18 Å². The normalized spacial score (nSPS) is 23.4. The van der Waals surface area contributed by atoms with Crippen molar-refractivity contribution in [3.05, 3.63) is 35.6 Å². The first-order valence-corrected chi connectivity index (χ1v) is 11.7. The minimum absolute atomic E-state index is 0.0341. The molecule has 6 heteroatoms. The SMILES string of the molecule is CC(C)(C)NC(=O)OC1CCC(CCN2CCC(C(=O)c3ccc(F)cc3)CC2)CC1. The van der Waals surface area contributed by atoms with E-state index in [4.69, 9.17) is 4.74 Å². The average Bonchev–Trinajstić information content (AvgIpc) is 2.72. The van der Waals surface area contributed by atoms with Gasteiger partial charge < -0.3 is 15.0 Å². The van der Waals surface area contributed by atoms with E-state index >= 15 is 0 Å². The molecule has 2 aliphatic rings. The molecule has 1 heterocycles. The molecule has 0 atom stereocenters. The summed E-state index contributed by atoms with van der Waals surface area (Å²) in [7, 11) is 0. The zero-order chi connectivity index (χ0) is 22.4. The number of hydrogen-bond acceptors (Lipinski definition) is 4. The average molecular weight is 433 g/mol. The van der Waals surface area contributed by atoms with Crippen LogP contribution >= 0.6 is 0 Å². The lowest BCUT2D eigenvalue weighted by Crippen LogP contribution is -2.42. The number of carbonyl (C=O) groups is 2. The zero-order valence-electron chi connectivity index (χ0n) is 19.2. The molecule has 172 valence electrons. The summed E-state index contributed by atoms with van der Waals surface area (Å²) < 4.78 is 18.6. The standard InChI is InChI=1S/C25H37FN2O3/c1-25(2,3)27-24(30)31-22-10-4-18(5-11-22)12-15-28-16-13-20(14-17-28)23(29)19-6-8-21(26)9-7-19/h6-9,18,20,22H,4-5,10-17H2,1-3H3,(H,27,30). The largest absolute Gasteiger partial charge is 0.446 e. The highest BCUT2D eigenvalue weighted by Crippen LogP contribution is 2.30. The Morgan fingerprint density at radius 2 is 1.65 bits per heavy atom. The number of amides is 1. The molecule has 0 radical (unpaired) electrons. The Hall–Kier alpha value is -1.95. The van der Waals surface area contributed by atoms with E-state index in [9.17, 15) is 14.0 Å². The number of nitrogens with zero attached hydrogens (tertiary/aromatic N) is 1. The maximum absolute atomic E-state index is 13.1. The van der Waals surface area contributed by atoms with Crippen molar-refractivity contribution in [2.24, 2.45) is 11.8 Å². The van der Waals surface area contributed by atoms with E-state index in [1.54, 1.807) is 12.1 Å². The third-order valence-corrected chi connectivity index (χ3v) is 6.49. The van der Waals surface area contributed by atoms with E-state index in [-0.39, 0.29) is 35.3 Å². The summed E-state index contributed by atoms with van der Waals surface area (Å²) in [5.74, 6) is 0.575. The van der Waals surface area contributed by atoms with Crippen LogP contribution in [0.25, 0.3) is 0 Å². The van der Waals surface area contributed by atoms with Crippen molar-refractivity contribution >= 4 is 11.9 Å². The van der Waals surface area contributed by atoms with Crippen LogP contribution in [0.5, 0.6) is 0 Å².